The molecule has 0 aliphatic heterocycles. The van der Waals surface area contributed by atoms with E-state index in [1.807, 2.05) is 23.6 Å². The topological polar surface area (TPSA) is 80.9 Å². The average Bonchev–Trinajstić information content (AvgIpc) is 3.31. The Morgan fingerprint density at radius 3 is 2.59 bits per heavy atom. The highest BCUT2D eigenvalue weighted by Crippen LogP contribution is 2.30. The van der Waals surface area contributed by atoms with Gasteiger partial charge in [0.1, 0.15) is 0 Å². The van der Waals surface area contributed by atoms with Crippen LogP contribution in [0.15, 0.2) is 58.4 Å². The van der Waals surface area contributed by atoms with Crippen molar-refractivity contribution in [1.29, 1.82) is 0 Å². The summed E-state index contributed by atoms with van der Waals surface area (Å²) in [5.41, 5.74) is 2.81. The minimum atomic E-state index is -0.247. The predicted molar refractivity (Wildman–Crippen MR) is 105 cm³/mol. The van der Waals surface area contributed by atoms with Crippen LogP contribution in [0.3, 0.4) is 0 Å². The van der Waals surface area contributed by atoms with E-state index in [9.17, 15) is 4.79 Å². The van der Waals surface area contributed by atoms with Crippen LogP contribution in [-0.4, -0.2) is 21.0 Å². The molecule has 2 aromatic carbocycles. The van der Waals surface area contributed by atoms with Crippen LogP contribution in [0.4, 0.5) is 5.13 Å². The number of rotatable bonds is 4. The van der Waals surface area contributed by atoms with E-state index in [4.69, 9.17) is 16.1 Å². The summed E-state index contributed by atoms with van der Waals surface area (Å²) in [4.78, 5) is 21.1. The third kappa shape index (κ3) is 3.74. The van der Waals surface area contributed by atoms with Crippen LogP contribution in [0, 0.1) is 6.92 Å². The van der Waals surface area contributed by atoms with Crippen molar-refractivity contribution in [3.05, 3.63) is 70.3 Å². The van der Waals surface area contributed by atoms with Crippen molar-refractivity contribution in [3.63, 3.8) is 0 Å². The van der Waals surface area contributed by atoms with Gasteiger partial charge in [-0.2, -0.15) is 4.98 Å². The molecule has 27 heavy (non-hydrogen) atoms. The Hall–Kier alpha value is -3.03. The van der Waals surface area contributed by atoms with Crippen molar-refractivity contribution in [1.82, 2.24) is 15.1 Å². The van der Waals surface area contributed by atoms with Gasteiger partial charge in [0.25, 0.3) is 11.8 Å². The summed E-state index contributed by atoms with van der Waals surface area (Å²) in [7, 11) is 0. The van der Waals surface area contributed by atoms with Crippen LogP contribution >= 0.6 is 22.9 Å². The fourth-order valence-electron chi connectivity index (χ4n) is 2.47. The molecule has 0 saturated carbocycles. The lowest BCUT2D eigenvalue weighted by Gasteiger charge is -2.03. The third-order valence-corrected chi connectivity index (χ3v) is 4.88. The summed E-state index contributed by atoms with van der Waals surface area (Å²) in [5.74, 6) is 0.733. The number of halogens is 1. The second-order valence-corrected chi connectivity index (χ2v) is 6.96. The Bertz CT molecular complexity index is 1100. The molecule has 0 aliphatic carbocycles. The van der Waals surface area contributed by atoms with Crippen molar-refractivity contribution < 1.29 is 9.32 Å². The van der Waals surface area contributed by atoms with Gasteiger partial charge < -0.3 is 4.52 Å². The van der Waals surface area contributed by atoms with Crippen molar-refractivity contribution in [2.24, 2.45) is 0 Å². The SMILES string of the molecule is Cc1noc(-c2ccc(C(=O)Nc3nc(-c4ccccc4Cl)cs3)cc2)n1. The number of benzene rings is 2. The molecule has 0 saturated heterocycles. The minimum absolute atomic E-state index is 0.247. The second kappa shape index (κ2) is 7.30. The zero-order valence-corrected chi connectivity index (χ0v) is 15.7. The highest BCUT2D eigenvalue weighted by Gasteiger charge is 2.13. The molecular weight excluding hydrogens is 384 g/mol. The molecule has 0 radical (unpaired) electrons. The van der Waals surface area contributed by atoms with Crippen molar-refractivity contribution >= 4 is 34.0 Å². The molecule has 0 unspecified atom stereocenters. The fourth-order valence-corrected chi connectivity index (χ4v) is 3.41. The number of carbonyl (C=O) groups is 1. The highest BCUT2D eigenvalue weighted by molar-refractivity contribution is 7.14. The molecule has 2 heterocycles. The Morgan fingerprint density at radius 2 is 1.89 bits per heavy atom. The predicted octanol–water partition coefficient (Wildman–Crippen LogP) is 5.07. The molecule has 0 bridgehead atoms. The van der Waals surface area contributed by atoms with Gasteiger partial charge in [-0.25, -0.2) is 4.98 Å². The quantitative estimate of drug-likeness (QED) is 0.520. The summed E-state index contributed by atoms with van der Waals surface area (Å²) in [6.07, 6.45) is 0. The normalized spacial score (nSPS) is 10.7. The summed E-state index contributed by atoms with van der Waals surface area (Å²) in [6.45, 7) is 1.75. The van der Waals surface area contributed by atoms with E-state index < -0.39 is 0 Å². The molecule has 8 heteroatoms. The Morgan fingerprint density at radius 1 is 1.11 bits per heavy atom. The Kier molecular flexibility index (Phi) is 4.70. The van der Waals surface area contributed by atoms with Crippen LogP contribution in [0.2, 0.25) is 5.02 Å². The maximum Gasteiger partial charge on any atom is 0.257 e. The van der Waals surface area contributed by atoms with Crippen molar-refractivity contribution in [2.45, 2.75) is 6.92 Å². The van der Waals surface area contributed by atoms with Crippen LogP contribution in [0.5, 0.6) is 0 Å². The smallest absolute Gasteiger partial charge is 0.257 e. The van der Waals surface area contributed by atoms with Crippen molar-refractivity contribution in [3.8, 4) is 22.7 Å². The number of thiazole rings is 1. The van der Waals surface area contributed by atoms with Gasteiger partial charge in [0.05, 0.1) is 5.69 Å². The molecular formula is C19H13ClN4O2S. The first kappa shape index (κ1) is 17.4. The van der Waals surface area contributed by atoms with Gasteiger partial charge in [0.2, 0.25) is 0 Å². The number of hydrogen-bond donors (Lipinski definition) is 1. The first-order chi connectivity index (χ1) is 13.1. The lowest BCUT2D eigenvalue weighted by Crippen LogP contribution is -2.11. The summed E-state index contributed by atoms with van der Waals surface area (Å²) in [5, 5.41) is 9.55. The lowest BCUT2D eigenvalue weighted by molar-refractivity contribution is 0.102. The molecule has 4 aromatic rings. The number of hydrogen-bond acceptors (Lipinski definition) is 6. The number of amides is 1. The van der Waals surface area contributed by atoms with Crippen molar-refractivity contribution in [2.75, 3.05) is 5.32 Å². The number of nitrogens with zero attached hydrogens (tertiary/aromatic N) is 3. The molecule has 1 amide bonds. The van der Waals surface area contributed by atoms with E-state index in [0.717, 1.165) is 16.8 Å². The van der Waals surface area contributed by atoms with Crippen LogP contribution in [-0.2, 0) is 0 Å². The monoisotopic (exact) mass is 396 g/mol. The van der Waals surface area contributed by atoms with Gasteiger partial charge in [0.15, 0.2) is 11.0 Å². The van der Waals surface area contributed by atoms with Gasteiger partial charge in [-0.05, 0) is 37.3 Å². The van der Waals surface area contributed by atoms with E-state index in [1.165, 1.54) is 11.3 Å². The molecule has 0 aliphatic rings. The first-order valence-electron chi connectivity index (χ1n) is 8.03. The number of nitrogens with one attached hydrogen (secondary N) is 1. The van der Waals surface area contributed by atoms with E-state index in [1.54, 1.807) is 37.3 Å². The van der Waals surface area contributed by atoms with E-state index in [2.05, 4.69) is 20.4 Å². The van der Waals surface area contributed by atoms with Gasteiger partial charge in [-0.3, -0.25) is 10.1 Å². The molecule has 0 atom stereocenters. The number of anilines is 1. The number of carbonyl (C=O) groups excluding carboxylic acids is 1. The van der Waals surface area contributed by atoms with Gasteiger partial charge in [0, 0.05) is 27.1 Å². The summed E-state index contributed by atoms with van der Waals surface area (Å²) < 4.78 is 5.12. The molecule has 6 nitrogen and oxygen atoms in total. The molecule has 1 N–H and O–H groups in total. The molecule has 134 valence electrons. The fraction of sp³-hybridized carbons (Fsp3) is 0.0526. The maximum absolute atomic E-state index is 12.5. The largest absolute Gasteiger partial charge is 0.334 e. The van der Waals surface area contributed by atoms with Crippen LogP contribution < -0.4 is 5.32 Å². The maximum atomic E-state index is 12.5. The standard InChI is InChI=1S/C19H13ClN4O2S/c1-11-21-18(26-24-11)13-8-6-12(7-9-13)17(25)23-19-22-16(10-27-19)14-4-2-3-5-15(14)20/h2-10H,1H3,(H,22,23,25). The van der Waals surface area contributed by atoms with E-state index in [-0.39, 0.29) is 5.91 Å². The first-order valence-corrected chi connectivity index (χ1v) is 9.28. The molecule has 4 rings (SSSR count). The van der Waals surface area contributed by atoms with E-state index in [0.29, 0.717) is 27.4 Å². The van der Waals surface area contributed by atoms with Gasteiger partial charge in [-0.1, -0.05) is 35.0 Å². The summed E-state index contributed by atoms with van der Waals surface area (Å²) in [6, 6.07) is 14.4. The zero-order chi connectivity index (χ0) is 18.8. The lowest BCUT2D eigenvalue weighted by atomic mass is 10.1. The Balaban J connectivity index is 1.49. The van der Waals surface area contributed by atoms with Crippen LogP contribution in [0.1, 0.15) is 16.2 Å². The Labute approximate surface area is 163 Å². The second-order valence-electron chi connectivity index (χ2n) is 5.70. The highest BCUT2D eigenvalue weighted by atomic mass is 35.5. The number of aromatic nitrogens is 3. The minimum Gasteiger partial charge on any atom is -0.334 e. The third-order valence-electron chi connectivity index (χ3n) is 3.80. The van der Waals surface area contributed by atoms with Gasteiger partial charge >= 0.3 is 0 Å². The van der Waals surface area contributed by atoms with E-state index >= 15 is 0 Å². The average molecular weight is 397 g/mol. The molecule has 2 aromatic heterocycles. The zero-order valence-electron chi connectivity index (χ0n) is 14.1. The molecule has 0 spiro atoms. The number of aryl methyl sites for hydroxylation is 1. The van der Waals surface area contributed by atoms with Gasteiger partial charge in [-0.15, -0.1) is 11.3 Å². The molecule has 0 fully saturated rings. The van der Waals surface area contributed by atoms with Crippen LogP contribution in [0.25, 0.3) is 22.7 Å². The summed E-state index contributed by atoms with van der Waals surface area (Å²) >= 11 is 7.54.